The van der Waals surface area contributed by atoms with Crippen LogP contribution in [0, 0.1) is 13.8 Å². The molecule has 1 aliphatic heterocycles. The number of carbonyl (C=O) groups is 1. The van der Waals surface area contributed by atoms with Gasteiger partial charge in [-0.05, 0) is 43.2 Å². The highest BCUT2D eigenvalue weighted by Gasteiger charge is 2.15. The Balaban J connectivity index is 0.000000161. The number of carbonyl (C=O) groups excluding carboxylic acids is 1. The normalized spacial score (nSPS) is 12.8. The van der Waals surface area contributed by atoms with Gasteiger partial charge in [-0.3, -0.25) is 4.79 Å². The van der Waals surface area contributed by atoms with E-state index >= 15 is 0 Å². The van der Waals surface area contributed by atoms with Gasteiger partial charge in [0.1, 0.15) is 18.1 Å². The summed E-state index contributed by atoms with van der Waals surface area (Å²) in [7, 11) is 0. The van der Waals surface area contributed by atoms with Gasteiger partial charge in [0, 0.05) is 12.0 Å². The molecule has 3 rings (SSSR count). The molecule has 2 aromatic rings. The molecule has 1 aliphatic rings. The van der Waals surface area contributed by atoms with E-state index < -0.39 is 0 Å². The van der Waals surface area contributed by atoms with E-state index in [0.29, 0.717) is 12.1 Å². The van der Waals surface area contributed by atoms with Crippen molar-refractivity contribution in [2.75, 3.05) is 12.3 Å². The number of hydrogen-bond acceptors (Lipinski definition) is 4. The second-order valence-corrected chi connectivity index (χ2v) is 5.18. The van der Waals surface area contributed by atoms with Gasteiger partial charge in [-0.1, -0.05) is 18.2 Å². The fourth-order valence-corrected chi connectivity index (χ4v) is 2.02. The molecule has 4 heteroatoms. The summed E-state index contributed by atoms with van der Waals surface area (Å²) in [4.78, 5) is 11.0. The molecule has 0 spiro atoms. The molecular weight excluding hydrogens is 266 g/mol. The number of ether oxygens (including phenoxy) is 1. The molecule has 0 amide bonds. The van der Waals surface area contributed by atoms with Crippen molar-refractivity contribution in [1.29, 1.82) is 0 Å². The Hall–Kier alpha value is -2.49. The van der Waals surface area contributed by atoms with Gasteiger partial charge in [0.15, 0.2) is 5.78 Å². The predicted molar refractivity (Wildman–Crippen MR) is 82.6 cm³/mol. The van der Waals surface area contributed by atoms with Crippen molar-refractivity contribution in [2.45, 2.75) is 20.3 Å². The molecule has 1 heterocycles. The van der Waals surface area contributed by atoms with Crippen molar-refractivity contribution < 1.29 is 14.6 Å². The monoisotopic (exact) mass is 285 g/mol. The number of nitrogens with two attached hydrogens (primary N) is 1. The number of anilines is 1. The van der Waals surface area contributed by atoms with E-state index in [4.69, 9.17) is 15.6 Å². The number of hydrogen-bond donors (Lipinski definition) is 2. The second kappa shape index (κ2) is 6.31. The van der Waals surface area contributed by atoms with Crippen molar-refractivity contribution in [3.05, 3.63) is 53.1 Å². The van der Waals surface area contributed by atoms with Crippen LogP contribution in [-0.2, 0) is 11.2 Å². The molecular formula is C17H19NO3. The van der Waals surface area contributed by atoms with Gasteiger partial charge in [-0.15, -0.1) is 0 Å². The summed E-state index contributed by atoms with van der Waals surface area (Å²) in [5.41, 5.74) is 8.97. The van der Waals surface area contributed by atoms with Crippen LogP contribution < -0.4 is 10.5 Å². The molecule has 0 unspecified atom stereocenters. The number of aryl methyl sites for hydroxylation is 2. The molecule has 0 aromatic heterocycles. The minimum atomic E-state index is 0.159. The summed E-state index contributed by atoms with van der Waals surface area (Å²) in [5, 5.41) is 8.98. The van der Waals surface area contributed by atoms with Crippen LogP contribution >= 0.6 is 0 Å². The second-order valence-electron chi connectivity index (χ2n) is 5.18. The van der Waals surface area contributed by atoms with E-state index in [0.717, 1.165) is 16.9 Å². The molecule has 110 valence electrons. The third kappa shape index (κ3) is 3.99. The molecule has 0 radical (unpaired) electrons. The Bertz CT molecular complexity index is 665. The zero-order valence-corrected chi connectivity index (χ0v) is 12.2. The molecule has 0 fully saturated rings. The standard InChI is InChI=1S/C10H10O2.C7H9NO/c1-7-2-3-8-5-9(11)6-12-10(8)4-7;1-5-2-3-6(8)7(9)4-5/h2-4H,5-6H2,1H3;2-4,9H,8H2,1H3. The van der Waals surface area contributed by atoms with Gasteiger partial charge in [0.2, 0.25) is 0 Å². The molecule has 4 nitrogen and oxygen atoms in total. The summed E-state index contributed by atoms with van der Waals surface area (Å²) in [6.45, 7) is 4.15. The number of ketones is 1. The SMILES string of the molecule is Cc1ccc(N)c(O)c1.Cc1ccc2c(c1)OCC(=O)C2. The summed E-state index contributed by atoms with van der Waals surface area (Å²) in [6, 6.07) is 11.1. The number of phenols is 1. The summed E-state index contributed by atoms with van der Waals surface area (Å²) in [5.74, 6) is 1.19. The molecule has 0 aliphatic carbocycles. The number of aromatic hydroxyl groups is 1. The predicted octanol–water partition coefficient (Wildman–Crippen LogP) is 2.78. The van der Waals surface area contributed by atoms with E-state index in [1.165, 1.54) is 5.56 Å². The Morgan fingerprint density at radius 3 is 2.43 bits per heavy atom. The van der Waals surface area contributed by atoms with Crippen LogP contribution in [0.2, 0.25) is 0 Å². The van der Waals surface area contributed by atoms with Crippen LogP contribution in [0.1, 0.15) is 16.7 Å². The zero-order chi connectivity index (χ0) is 15.4. The fourth-order valence-electron chi connectivity index (χ4n) is 2.02. The molecule has 0 saturated heterocycles. The summed E-state index contributed by atoms with van der Waals surface area (Å²) >= 11 is 0. The first kappa shape index (κ1) is 14.9. The zero-order valence-electron chi connectivity index (χ0n) is 12.2. The molecule has 0 saturated carbocycles. The molecule has 21 heavy (non-hydrogen) atoms. The minimum Gasteiger partial charge on any atom is -0.506 e. The highest BCUT2D eigenvalue weighted by Crippen LogP contribution is 2.24. The maximum Gasteiger partial charge on any atom is 0.174 e. The van der Waals surface area contributed by atoms with Crippen LogP contribution in [0.3, 0.4) is 0 Å². The van der Waals surface area contributed by atoms with E-state index in [-0.39, 0.29) is 18.1 Å². The minimum absolute atomic E-state index is 0.159. The maximum atomic E-state index is 11.0. The summed E-state index contributed by atoms with van der Waals surface area (Å²) in [6.07, 6.45) is 0.523. The molecule has 0 bridgehead atoms. The Morgan fingerprint density at radius 2 is 1.76 bits per heavy atom. The average molecular weight is 285 g/mol. The maximum absolute atomic E-state index is 11.0. The number of phenolic OH excluding ortho intramolecular Hbond substituents is 1. The number of benzene rings is 2. The van der Waals surface area contributed by atoms with Crippen molar-refractivity contribution in [1.82, 2.24) is 0 Å². The number of Topliss-reactive ketones (excluding diaryl/α,β-unsaturated/α-hetero) is 1. The first-order valence-corrected chi connectivity index (χ1v) is 6.75. The lowest BCUT2D eigenvalue weighted by atomic mass is 10.0. The Morgan fingerprint density at radius 1 is 1.10 bits per heavy atom. The molecule has 0 atom stereocenters. The van der Waals surface area contributed by atoms with E-state index in [1.807, 2.05) is 38.1 Å². The fraction of sp³-hybridized carbons (Fsp3) is 0.235. The van der Waals surface area contributed by atoms with Gasteiger partial charge in [-0.2, -0.15) is 0 Å². The van der Waals surface area contributed by atoms with Crippen LogP contribution in [-0.4, -0.2) is 17.5 Å². The van der Waals surface area contributed by atoms with Crippen LogP contribution in [0.4, 0.5) is 5.69 Å². The average Bonchev–Trinajstić information content (AvgIpc) is 2.44. The van der Waals surface area contributed by atoms with Crippen LogP contribution in [0.5, 0.6) is 11.5 Å². The first-order valence-electron chi connectivity index (χ1n) is 6.75. The Kier molecular flexibility index (Phi) is 4.48. The topological polar surface area (TPSA) is 72.6 Å². The van der Waals surface area contributed by atoms with Crippen molar-refractivity contribution in [3.8, 4) is 11.5 Å². The number of rotatable bonds is 0. The lowest BCUT2D eigenvalue weighted by molar-refractivity contribution is -0.121. The van der Waals surface area contributed by atoms with E-state index in [1.54, 1.807) is 12.1 Å². The number of nitrogen functional groups attached to an aromatic ring is 1. The van der Waals surface area contributed by atoms with Crippen molar-refractivity contribution >= 4 is 11.5 Å². The third-order valence-corrected chi connectivity index (χ3v) is 3.18. The van der Waals surface area contributed by atoms with Gasteiger partial charge < -0.3 is 15.6 Å². The van der Waals surface area contributed by atoms with E-state index in [2.05, 4.69) is 0 Å². The van der Waals surface area contributed by atoms with E-state index in [9.17, 15) is 4.79 Å². The van der Waals surface area contributed by atoms with Gasteiger partial charge in [0.05, 0.1) is 5.69 Å². The summed E-state index contributed by atoms with van der Waals surface area (Å²) < 4.78 is 5.27. The van der Waals surface area contributed by atoms with Gasteiger partial charge >= 0.3 is 0 Å². The van der Waals surface area contributed by atoms with Crippen molar-refractivity contribution in [2.24, 2.45) is 0 Å². The Labute approximate surface area is 124 Å². The van der Waals surface area contributed by atoms with Gasteiger partial charge in [-0.25, -0.2) is 0 Å². The third-order valence-electron chi connectivity index (χ3n) is 3.18. The largest absolute Gasteiger partial charge is 0.506 e. The number of fused-ring (bicyclic) bond motifs is 1. The quantitative estimate of drug-likeness (QED) is 0.576. The van der Waals surface area contributed by atoms with Crippen molar-refractivity contribution in [3.63, 3.8) is 0 Å². The molecule has 3 N–H and O–H groups in total. The van der Waals surface area contributed by atoms with Crippen LogP contribution in [0.25, 0.3) is 0 Å². The smallest absolute Gasteiger partial charge is 0.174 e. The van der Waals surface area contributed by atoms with Gasteiger partial charge in [0.25, 0.3) is 0 Å². The first-order chi connectivity index (χ1) is 9.95. The highest BCUT2D eigenvalue weighted by molar-refractivity contribution is 5.84. The van der Waals surface area contributed by atoms with Crippen LogP contribution in [0.15, 0.2) is 36.4 Å². The molecule has 2 aromatic carbocycles. The lowest BCUT2D eigenvalue weighted by Gasteiger charge is -2.16. The lowest BCUT2D eigenvalue weighted by Crippen LogP contribution is -2.20. The highest BCUT2D eigenvalue weighted by atomic mass is 16.5.